The molecule has 0 amide bonds. The Morgan fingerprint density at radius 2 is 1.71 bits per heavy atom. The molecule has 0 bridgehead atoms. The van der Waals surface area contributed by atoms with E-state index in [0.717, 1.165) is 6.42 Å². The Bertz CT molecular complexity index is 498. The first-order valence-corrected chi connectivity index (χ1v) is 4.53. The number of rotatable bonds is 0. The van der Waals surface area contributed by atoms with Crippen LogP contribution in [-0.4, -0.2) is 0 Å². The van der Waals surface area contributed by atoms with Crippen molar-refractivity contribution in [3.63, 3.8) is 0 Å². The van der Waals surface area contributed by atoms with Gasteiger partial charge in [-0.15, -0.1) is 11.6 Å². The van der Waals surface area contributed by atoms with Gasteiger partial charge in [0, 0.05) is 0 Å². The molecule has 0 saturated carbocycles. The van der Waals surface area contributed by atoms with Crippen LogP contribution in [-0.2, 0) is 6.42 Å². The molecule has 0 N–H and O–H groups in total. The number of benzene rings is 2. The standard InChI is InChI=1S/C13H9.Li/c1-2-5-11-9-13-7-3-6-12(13)8-10(11)4-1;/h1-5,8-9H,6H2;/q-1;+1. The van der Waals surface area contributed by atoms with E-state index in [9.17, 15) is 0 Å². The van der Waals surface area contributed by atoms with Crippen LogP contribution >= 0.6 is 0 Å². The molecule has 0 atom stereocenters. The van der Waals surface area contributed by atoms with E-state index in [2.05, 4.69) is 48.6 Å². The van der Waals surface area contributed by atoms with Gasteiger partial charge >= 0.3 is 18.9 Å². The van der Waals surface area contributed by atoms with Crippen LogP contribution in [0, 0.1) is 6.08 Å². The molecule has 0 radical (unpaired) electrons. The van der Waals surface area contributed by atoms with E-state index in [1.807, 2.05) is 0 Å². The van der Waals surface area contributed by atoms with Crippen molar-refractivity contribution in [1.29, 1.82) is 0 Å². The van der Waals surface area contributed by atoms with Gasteiger partial charge in [-0.3, -0.25) is 0 Å². The van der Waals surface area contributed by atoms with Gasteiger partial charge in [0.25, 0.3) is 0 Å². The first-order valence-electron chi connectivity index (χ1n) is 4.53. The molecule has 0 aliphatic heterocycles. The van der Waals surface area contributed by atoms with Crippen LogP contribution in [0.4, 0.5) is 0 Å². The minimum absolute atomic E-state index is 0. The monoisotopic (exact) mass is 172 g/mol. The van der Waals surface area contributed by atoms with Crippen LogP contribution in [0.25, 0.3) is 10.8 Å². The van der Waals surface area contributed by atoms with Gasteiger partial charge in [0.2, 0.25) is 0 Å². The number of hydrogen-bond acceptors (Lipinski definition) is 0. The maximum absolute atomic E-state index is 3.27. The normalized spacial score (nSPS) is 12.6. The summed E-state index contributed by atoms with van der Waals surface area (Å²) in [4.78, 5) is 0. The zero-order valence-corrected chi connectivity index (χ0v) is 8.25. The average molecular weight is 172 g/mol. The molecular formula is C13H9Li. The molecule has 62 valence electrons. The van der Waals surface area contributed by atoms with Crippen molar-refractivity contribution < 1.29 is 18.9 Å². The minimum atomic E-state index is 0. The van der Waals surface area contributed by atoms with Gasteiger partial charge in [0.15, 0.2) is 0 Å². The van der Waals surface area contributed by atoms with Crippen LogP contribution in [0.5, 0.6) is 0 Å². The fourth-order valence-electron chi connectivity index (χ4n) is 1.86. The van der Waals surface area contributed by atoms with Gasteiger partial charge < -0.3 is 0 Å². The molecule has 0 spiro atoms. The summed E-state index contributed by atoms with van der Waals surface area (Å²) in [7, 11) is 0. The van der Waals surface area contributed by atoms with Gasteiger partial charge in [0.05, 0.1) is 0 Å². The summed E-state index contributed by atoms with van der Waals surface area (Å²) >= 11 is 0. The van der Waals surface area contributed by atoms with E-state index in [0.29, 0.717) is 0 Å². The van der Waals surface area contributed by atoms with Crippen molar-refractivity contribution in [2.45, 2.75) is 6.42 Å². The molecule has 0 unspecified atom stereocenters. The van der Waals surface area contributed by atoms with Crippen LogP contribution in [0.3, 0.4) is 0 Å². The molecule has 0 aromatic heterocycles. The second-order valence-corrected chi connectivity index (χ2v) is 3.41. The molecule has 0 heterocycles. The molecule has 14 heavy (non-hydrogen) atoms. The summed E-state index contributed by atoms with van der Waals surface area (Å²) in [6.45, 7) is 0. The Labute approximate surface area is 95.8 Å². The quantitative estimate of drug-likeness (QED) is 0.391. The van der Waals surface area contributed by atoms with E-state index in [4.69, 9.17) is 0 Å². The minimum Gasteiger partial charge on any atom is -0.189 e. The summed E-state index contributed by atoms with van der Waals surface area (Å²) in [6.07, 6.45) is 6.41. The van der Waals surface area contributed by atoms with Crippen LogP contribution < -0.4 is 18.9 Å². The number of fused-ring (bicyclic) bond motifs is 2. The van der Waals surface area contributed by atoms with E-state index in [1.165, 1.54) is 21.9 Å². The van der Waals surface area contributed by atoms with E-state index < -0.39 is 0 Å². The van der Waals surface area contributed by atoms with Crippen molar-refractivity contribution in [1.82, 2.24) is 0 Å². The summed E-state index contributed by atoms with van der Waals surface area (Å²) in [5, 5.41) is 2.64. The molecule has 3 rings (SSSR count). The molecule has 1 aliphatic rings. The SMILES string of the molecule is [C-]1=CCc2cc3ccccc3cc21.[Li+]. The van der Waals surface area contributed by atoms with Crippen molar-refractivity contribution in [2.75, 3.05) is 0 Å². The largest absolute Gasteiger partial charge is 1.00 e. The van der Waals surface area contributed by atoms with Gasteiger partial charge in [-0.2, -0.15) is 23.8 Å². The Morgan fingerprint density at radius 3 is 2.50 bits per heavy atom. The fraction of sp³-hybridized carbons (Fsp3) is 0.0769. The van der Waals surface area contributed by atoms with Gasteiger partial charge in [-0.25, -0.2) is 0 Å². The van der Waals surface area contributed by atoms with Crippen molar-refractivity contribution in [2.24, 2.45) is 0 Å². The van der Waals surface area contributed by atoms with E-state index in [-0.39, 0.29) is 18.9 Å². The topological polar surface area (TPSA) is 0 Å². The average Bonchev–Trinajstić information content (AvgIpc) is 2.61. The molecule has 0 saturated heterocycles. The second kappa shape index (κ2) is 3.65. The van der Waals surface area contributed by atoms with Gasteiger partial charge in [-0.1, -0.05) is 36.1 Å². The molecular weight excluding hydrogens is 163 g/mol. The second-order valence-electron chi connectivity index (χ2n) is 3.41. The predicted octanol–water partition coefficient (Wildman–Crippen LogP) is 0.107. The predicted molar refractivity (Wildman–Crippen MR) is 54.6 cm³/mol. The summed E-state index contributed by atoms with van der Waals surface area (Å²) < 4.78 is 0. The summed E-state index contributed by atoms with van der Waals surface area (Å²) in [5.74, 6) is 0. The summed E-state index contributed by atoms with van der Waals surface area (Å²) in [6, 6.07) is 13.0. The molecule has 0 fully saturated rings. The molecule has 0 nitrogen and oxygen atoms in total. The zero-order valence-electron chi connectivity index (χ0n) is 8.25. The van der Waals surface area contributed by atoms with Gasteiger partial charge in [0.1, 0.15) is 0 Å². The fourth-order valence-corrected chi connectivity index (χ4v) is 1.86. The maximum Gasteiger partial charge on any atom is 1.00 e. The molecule has 2 aromatic rings. The van der Waals surface area contributed by atoms with Crippen molar-refractivity contribution in [3.8, 4) is 0 Å². The van der Waals surface area contributed by atoms with Crippen LogP contribution in [0.1, 0.15) is 11.1 Å². The Morgan fingerprint density at radius 1 is 1.00 bits per heavy atom. The van der Waals surface area contributed by atoms with Crippen LogP contribution in [0.15, 0.2) is 42.5 Å². The molecule has 2 aromatic carbocycles. The van der Waals surface area contributed by atoms with Crippen molar-refractivity contribution >= 4 is 10.8 Å². The van der Waals surface area contributed by atoms with E-state index >= 15 is 0 Å². The smallest absolute Gasteiger partial charge is 0.189 e. The van der Waals surface area contributed by atoms with E-state index in [1.54, 1.807) is 0 Å². The Hall–Kier alpha value is -0.963. The first kappa shape index (κ1) is 9.59. The van der Waals surface area contributed by atoms with Crippen molar-refractivity contribution in [3.05, 3.63) is 59.7 Å². The Kier molecular flexibility index (Phi) is 2.50. The van der Waals surface area contributed by atoms with Crippen LogP contribution in [0.2, 0.25) is 0 Å². The molecule has 1 heteroatoms. The number of allylic oxidation sites excluding steroid dienone is 1. The third kappa shape index (κ3) is 1.41. The molecule has 1 aliphatic carbocycles. The maximum atomic E-state index is 3.27. The summed E-state index contributed by atoms with van der Waals surface area (Å²) in [5.41, 5.74) is 2.66. The van der Waals surface area contributed by atoms with Gasteiger partial charge in [-0.05, 0) is 5.39 Å². The zero-order chi connectivity index (χ0) is 8.67. The third-order valence-electron chi connectivity index (χ3n) is 2.55. The first-order chi connectivity index (χ1) is 6.43. The Balaban J connectivity index is 0.000000750. The third-order valence-corrected chi connectivity index (χ3v) is 2.55. The number of hydrogen-bond donors (Lipinski definition) is 0.